The molecule has 1 aliphatic rings. The molecule has 1 rings (SSSR count). The van der Waals surface area contributed by atoms with Crippen LogP contribution in [0.3, 0.4) is 0 Å². The summed E-state index contributed by atoms with van der Waals surface area (Å²) in [4.78, 5) is 13.9. The lowest BCUT2D eigenvalue weighted by Crippen LogP contribution is -2.40. The minimum Gasteiger partial charge on any atom is -0.466 e. The van der Waals surface area contributed by atoms with Crippen molar-refractivity contribution < 1.29 is 9.53 Å². The fourth-order valence-corrected chi connectivity index (χ4v) is 2.08. The smallest absolute Gasteiger partial charge is 0.310 e. The lowest BCUT2D eigenvalue weighted by molar-refractivity contribution is -0.149. The van der Waals surface area contributed by atoms with Crippen LogP contribution in [0.1, 0.15) is 33.1 Å². The van der Waals surface area contributed by atoms with E-state index in [1.54, 1.807) is 0 Å². The molecule has 0 N–H and O–H groups in total. The maximum absolute atomic E-state index is 11.6. The molecule has 0 bridgehead atoms. The van der Waals surface area contributed by atoms with Crippen LogP contribution in [0.4, 0.5) is 0 Å². The van der Waals surface area contributed by atoms with Gasteiger partial charge in [0.1, 0.15) is 0 Å². The first kappa shape index (κ1) is 13.2. The van der Waals surface area contributed by atoms with Gasteiger partial charge in [-0.3, -0.25) is 9.69 Å². The van der Waals surface area contributed by atoms with E-state index >= 15 is 0 Å². The summed E-state index contributed by atoms with van der Waals surface area (Å²) >= 11 is 0. The number of esters is 1. The highest BCUT2D eigenvalue weighted by Gasteiger charge is 2.26. The van der Waals surface area contributed by atoms with E-state index in [0.717, 1.165) is 38.9 Å². The standard InChI is InChI=1S/C13H23NO2/c1-4-11(3)9-14-8-6-7-12(10-14)13(15)16-5-2/h12H,3-10H2,1-2H3. The first-order chi connectivity index (χ1) is 7.67. The molecule has 1 fully saturated rings. The average Bonchev–Trinajstić information content (AvgIpc) is 2.29. The number of likely N-dealkylation sites (tertiary alicyclic amines) is 1. The van der Waals surface area contributed by atoms with Crippen molar-refractivity contribution in [3.63, 3.8) is 0 Å². The Bertz CT molecular complexity index is 250. The molecule has 3 nitrogen and oxygen atoms in total. The van der Waals surface area contributed by atoms with Crippen LogP contribution < -0.4 is 0 Å². The lowest BCUT2D eigenvalue weighted by atomic mass is 9.97. The average molecular weight is 225 g/mol. The minimum atomic E-state index is -0.0330. The van der Waals surface area contributed by atoms with Crippen LogP contribution in [0.2, 0.25) is 0 Å². The molecule has 0 radical (unpaired) electrons. The van der Waals surface area contributed by atoms with Gasteiger partial charge in [-0.15, -0.1) is 0 Å². The maximum atomic E-state index is 11.6. The van der Waals surface area contributed by atoms with Gasteiger partial charge >= 0.3 is 5.97 Å². The summed E-state index contributed by atoms with van der Waals surface area (Å²) < 4.78 is 5.07. The number of nitrogens with zero attached hydrogens (tertiary/aromatic N) is 1. The van der Waals surface area contributed by atoms with Crippen molar-refractivity contribution in [3.8, 4) is 0 Å². The van der Waals surface area contributed by atoms with Gasteiger partial charge in [-0.25, -0.2) is 0 Å². The van der Waals surface area contributed by atoms with Gasteiger partial charge in [0.15, 0.2) is 0 Å². The van der Waals surface area contributed by atoms with Crippen LogP contribution in [0, 0.1) is 5.92 Å². The van der Waals surface area contributed by atoms with Gasteiger partial charge < -0.3 is 4.74 Å². The third-order valence-electron chi connectivity index (χ3n) is 3.07. The number of carbonyl (C=O) groups is 1. The Kier molecular flexibility index (Phi) is 5.53. The molecule has 1 saturated heterocycles. The number of ether oxygens (including phenoxy) is 1. The van der Waals surface area contributed by atoms with Crippen molar-refractivity contribution in [2.45, 2.75) is 33.1 Å². The van der Waals surface area contributed by atoms with Crippen LogP contribution >= 0.6 is 0 Å². The first-order valence-electron chi connectivity index (χ1n) is 6.23. The fraction of sp³-hybridized carbons (Fsp3) is 0.769. The fourth-order valence-electron chi connectivity index (χ4n) is 2.08. The van der Waals surface area contributed by atoms with Gasteiger partial charge in [0.2, 0.25) is 0 Å². The monoisotopic (exact) mass is 225 g/mol. The predicted molar refractivity (Wildman–Crippen MR) is 65.2 cm³/mol. The Hall–Kier alpha value is -0.830. The Balaban J connectivity index is 2.40. The van der Waals surface area contributed by atoms with Crippen molar-refractivity contribution >= 4 is 5.97 Å². The Morgan fingerprint density at radius 2 is 2.25 bits per heavy atom. The van der Waals surface area contributed by atoms with Crippen LogP contribution in [-0.2, 0) is 9.53 Å². The molecule has 1 unspecified atom stereocenters. The summed E-state index contributed by atoms with van der Waals surface area (Å²) in [6, 6.07) is 0. The Morgan fingerprint density at radius 1 is 1.50 bits per heavy atom. The van der Waals surface area contributed by atoms with Crippen LogP contribution in [0.15, 0.2) is 12.2 Å². The number of hydrogen-bond donors (Lipinski definition) is 0. The van der Waals surface area contributed by atoms with Crippen LogP contribution in [0.25, 0.3) is 0 Å². The Morgan fingerprint density at radius 3 is 2.88 bits per heavy atom. The molecule has 16 heavy (non-hydrogen) atoms. The summed E-state index contributed by atoms with van der Waals surface area (Å²) in [5, 5.41) is 0. The summed E-state index contributed by atoms with van der Waals surface area (Å²) in [6.07, 6.45) is 3.06. The summed E-state index contributed by atoms with van der Waals surface area (Å²) in [6.45, 7) is 11.3. The zero-order valence-corrected chi connectivity index (χ0v) is 10.5. The van der Waals surface area contributed by atoms with E-state index in [0.29, 0.717) is 6.61 Å². The molecular weight excluding hydrogens is 202 g/mol. The van der Waals surface area contributed by atoms with Crippen molar-refractivity contribution in [1.82, 2.24) is 4.90 Å². The molecule has 92 valence electrons. The van der Waals surface area contributed by atoms with Gasteiger partial charge in [0.05, 0.1) is 12.5 Å². The zero-order valence-electron chi connectivity index (χ0n) is 10.5. The van der Waals surface area contributed by atoms with Gasteiger partial charge in [0, 0.05) is 13.1 Å². The van der Waals surface area contributed by atoms with E-state index in [9.17, 15) is 4.79 Å². The van der Waals surface area contributed by atoms with E-state index in [1.807, 2.05) is 6.92 Å². The molecule has 0 saturated carbocycles. The summed E-state index contributed by atoms with van der Waals surface area (Å²) in [5.41, 5.74) is 1.24. The molecule has 1 heterocycles. The zero-order chi connectivity index (χ0) is 12.0. The normalized spacial score (nSPS) is 21.8. The molecule has 0 amide bonds. The number of hydrogen-bond acceptors (Lipinski definition) is 3. The molecule has 0 aromatic carbocycles. The van der Waals surface area contributed by atoms with Gasteiger partial charge in [-0.2, -0.15) is 0 Å². The van der Waals surface area contributed by atoms with Crippen LogP contribution in [-0.4, -0.2) is 37.1 Å². The third kappa shape index (κ3) is 3.97. The highest BCUT2D eigenvalue weighted by Crippen LogP contribution is 2.18. The first-order valence-corrected chi connectivity index (χ1v) is 6.23. The molecular formula is C13H23NO2. The van der Waals surface area contributed by atoms with E-state index in [4.69, 9.17) is 4.74 Å². The minimum absolute atomic E-state index is 0.0330. The number of piperidine rings is 1. The topological polar surface area (TPSA) is 29.5 Å². The highest BCUT2D eigenvalue weighted by molar-refractivity contribution is 5.72. The SMILES string of the molecule is C=C(CC)CN1CCCC(C(=O)OCC)C1. The molecule has 1 atom stereocenters. The van der Waals surface area contributed by atoms with E-state index in [2.05, 4.69) is 18.4 Å². The van der Waals surface area contributed by atoms with E-state index in [-0.39, 0.29) is 11.9 Å². The number of carbonyl (C=O) groups excluding carboxylic acids is 1. The van der Waals surface area contributed by atoms with Crippen molar-refractivity contribution in [1.29, 1.82) is 0 Å². The van der Waals surface area contributed by atoms with Gasteiger partial charge in [-0.05, 0) is 32.7 Å². The summed E-state index contributed by atoms with van der Waals surface area (Å²) in [7, 11) is 0. The highest BCUT2D eigenvalue weighted by atomic mass is 16.5. The predicted octanol–water partition coefficient (Wildman–Crippen LogP) is 2.23. The van der Waals surface area contributed by atoms with Crippen molar-refractivity contribution in [2.24, 2.45) is 5.92 Å². The summed E-state index contributed by atoms with van der Waals surface area (Å²) in [5.74, 6) is 0.0349. The van der Waals surface area contributed by atoms with Gasteiger partial charge in [-0.1, -0.05) is 19.1 Å². The van der Waals surface area contributed by atoms with Crippen molar-refractivity contribution in [2.75, 3.05) is 26.2 Å². The molecule has 1 aliphatic heterocycles. The second-order valence-corrected chi connectivity index (χ2v) is 4.43. The molecule has 0 aliphatic carbocycles. The largest absolute Gasteiger partial charge is 0.466 e. The second-order valence-electron chi connectivity index (χ2n) is 4.43. The molecule has 3 heteroatoms. The number of rotatable bonds is 5. The van der Waals surface area contributed by atoms with E-state index in [1.165, 1.54) is 5.57 Å². The lowest BCUT2D eigenvalue weighted by Gasteiger charge is -2.31. The Labute approximate surface area is 98.5 Å². The quantitative estimate of drug-likeness (QED) is 0.531. The maximum Gasteiger partial charge on any atom is 0.310 e. The van der Waals surface area contributed by atoms with Crippen LogP contribution in [0.5, 0.6) is 0 Å². The van der Waals surface area contributed by atoms with Crippen molar-refractivity contribution in [3.05, 3.63) is 12.2 Å². The van der Waals surface area contributed by atoms with E-state index < -0.39 is 0 Å². The molecule has 0 spiro atoms. The molecule has 0 aromatic heterocycles. The molecule has 0 aromatic rings. The van der Waals surface area contributed by atoms with Gasteiger partial charge in [0.25, 0.3) is 0 Å². The second kappa shape index (κ2) is 6.69. The third-order valence-corrected chi connectivity index (χ3v) is 3.07.